The summed E-state index contributed by atoms with van der Waals surface area (Å²) >= 11 is 0. The number of hydrogen-bond acceptors (Lipinski definition) is 4. The maximum absolute atomic E-state index is 5.93. The third kappa shape index (κ3) is 2.91. The average molecular weight is 268 g/mol. The zero-order valence-electron chi connectivity index (χ0n) is 11.0. The molecule has 1 heterocycles. The molecule has 3 rings (SSSR count). The van der Waals surface area contributed by atoms with Gasteiger partial charge in [-0.05, 0) is 23.8 Å². The number of benzene rings is 2. The summed E-state index contributed by atoms with van der Waals surface area (Å²) in [5, 5.41) is 0. The molecule has 0 saturated heterocycles. The van der Waals surface area contributed by atoms with Gasteiger partial charge < -0.3 is 15.2 Å². The van der Waals surface area contributed by atoms with Crippen LogP contribution in [0.3, 0.4) is 0 Å². The monoisotopic (exact) mass is 268 g/mol. The van der Waals surface area contributed by atoms with Gasteiger partial charge >= 0.3 is 0 Å². The molecule has 0 amide bonds. The Labute approximate surface area is 117 Å². The van der Waals surface area contributed by atoms with E-state index < -0.39 is 0 Å². The molecule has 20 heavy (non-hydrogen) atoms. The molecular weight excluding hydrogens is 252 g/mol. The molecule has 1 atom stereocenters. The predicted octanol–water partition coefficient (Wildman–Crippen LogP) is 2.73. The number of aliphatic imine (C=N–C) groups is 1. The highest BCUT2D eigenvalue weighted by Gasteiger charge is 2.18. The Hall–Kier alpha value is -2.49. The first kappa shape index (κ1) is 12.5. The zero-order valence-corrected chi connectivity index (χ0v) is 11.0. The van der Waals surface area contributed by atoms with Gasteiger partial charge in [-0.2, -0.15) is 0 Å². The van der Waals surface area contributed by atoms with Crippen molar-refractivity contribution >= 4 is 6.02 Å². The van der Waals surface area contributed by atoms with Gasteiger partial charge in [0.2, 0.25) is 0 Å². The fraction of sp³-hybridized carbons (Fsp3) is 0.188. The molecule has 2 N–H and O–H groups in total. The molecule has 0 aromatic heterocycles. The van der Waals surface area contributed by atoms with E-state index in [1.165, 1.54) is 0 Å². The standard InChI is InChI=1S/C16H16N2O2/c17-16-18-13(11-19-16)10-12-6-4-5-9-15(12)20-14-7-2-1-3-8-14/h1-9,13H,10-11H2,(H2,17,18)/t13-/m0/s1. The number of para-hydroxylation sites is 2. The molecule has 0 spiro atoms. The number of hydrogen-bond donors (Lipinski definition) is 1. The van der Waals surface area contributed by atoms with Gasteiger partial charge in [0.1, 0.15) is 18.1 Å². The second-order valence-corrected chi connectivity index (χ2v) is 4.66. The van der Waals surface area contributed by atoms with Crippen molar-refractivity contribution in [3.05, 3.63) is 60.2 Å². The van der Waals surface area contributed by atoms with E-state index in [2.05, 4.69) is 4.99 Å². The van der Waals surface area contributed by atoms with Gasteiger partial charge in [0, 0.05) is 6.42 Å². The lowest BCUT2D eigenvalue weighted by Gasteiger charge is -2.12. The van der Waals surface area contributed by atoms with Crippen LogP contribution in [0.1, 0.15) is 5.56 Å². The molecule has 0 radical (unpaired) electrons. The smallest absolute Gasteiger partial charge is 0.282 e. The van der Waals surface area contributed by atoms with E-state index in [9.17, 15) is 0 Å². The maximum Gasteiger partial charge on any atom is 0.282 e. The van der Waals surface area contributed by atoms with Gasteiger partial charge in [-0.3, -0.25) is 0 Å². The highest BCUT2D eigenvalue weighted by Crippen LogP contribution is 2.26. The summed E-state index contributed by atoms with van der Waals surface area (Å²) in [5.74, 6) is 1.67. The van der Waals surface area contributed by atoms with Crippen LogP contribution in [0.25, 0.3) is 0 Å². The highest BCUT2D eigenvalue weighted by atomic mass is 16.5. The zero-order chi connectivity index (χ0) is 13.8. The second kappa shape index (κ2) is 5.65. The van der Waals surface area contributed by atoms with Crippen molar-refractivity contribution in [2.75, 3.05) is 6.61 Å². The van der Waals surface area contributed by atoms with E-state index in [1.54, 1.807) is 0 Å². The Morgan fingerprint density at radius 2 is 1.85 bits per heavy atom. The molecule has 1 aliphatic rings. The second-order valence-electron chi connectivity index (χ2n) is 4.66. The third-order valence-electron chi connectivity index (χ3n) is 3.13. The van der Waals surface area contributed by atoms with Gasteiger partial charge in [-0.1, -0.05) is 36.4 Å². The van der Waals surface area contributed by atoms with Crippen LogP contribution in [-0.2, 0) is 11.2 Å². The Morgan fingerprint density at radius 1 is 1.10 bits per heavy atom. The molecule has 4 heteroatoms. The minimum atomic E-state index is 0.0653. The van der Waals surface area contributed by atoms with E-state index in [1.807, 2.05) is 54.6 Å². The van der Waals surface area contributed by atoms with Crippen LogP contribution in [0, 0.1) is 0 Å². The van der Waals surface area contributed by atoms with Crippen LogP contribution in [0.4, 0.5) is 0 Å². The van der Waals surface area contributed by atoms with Gasteiger partial charge in [-0.25, -0.2) is 4.99 Å². The van der Waals surface area contributed by atoms with Crippen LogP contribution in [-0.4, -0.2) is 18.7 Å². The van der Waals surface area contributed by atoms with E-state index in [0.717, 1.165) is 23.5 Å². The number of rotatable bonds is 4. The number of amidine groups is 1. The molecule has 0 bridgehead atoms. The van der Waals surface area contributed by atoms with Crippen molar-refractivity contribution in [3.8, 4) is 11.5 Å². The lowest BCUT2D eigenvalue weighted by Crippen LogP contribution is -2.11. The van der Waals surface area contributed by atoms with Gasteiger partial charge in [0.15, 0.2) is 0 Å². The molecule has 2 aromatic rings. The number of ether oxygens (including phenoxy) is 2. The first-order valence-electron chi connectivity index (χ1n) is 6.58. The maximum atomic E-state index is 5.93. The number of nitrogens with two attached hydrogens (primary N) is 1. The predicted molar refractivity (Wildman–Crippen MR) is 78.0 cm³/mol. The van der Waals surface area contributed by atoms with Crippen molar-refractivity contribution in [2.24, 2.45) is 10.7 Å². The van der Waals surface area contributed by atoms with E-state index in [0.29, 0.717) is 6.61 Å². The van der Waals surface area contributed by atoms with Crippen LogP contribution >= 0.6 is 0 Å². The van der Waals surface area contributed by atoms with Crippen LogP contribution < -0.4 is 10.5 Å². The Bertz CT molecular complexity index is 611. The van der Waals surface area contributed by atoms with Crippen LogP contribution in [0.15, 0.2) is 59.6 Å². The first-order chi connectivity index (χ1) is 9.81. The summed E-state index contributed by atoms with van der Waals surface area (Å²) in [6.07, 6.45) is 0.754. The molecular formula is C16H16N2O2. The fourth-order valence-corrected chi connectivity index (χ4v) is 2.18. The average Bonchev–Trinajstić information content (AvgIpc) is 2.88. The summed E-state index contributed by atoms with van der Waals surface area (Å²) < 4.78 is 11.1. The molecule has 2 aromatic carbocycles. The number of nitrogens with zero attached hydrogens (tertiary/aromatic N) is 1. The van der Waals surface area contributed by atoms with Crippen molar-refractivity contribution < 1.29 is 9.47 Å². The minimum Gasteiger partial charge on any atom is -0.463 e. The van der Waals surface area contributed by atoms with Crippen LogP contribution in [0.5, 0.6) is 11.5 Å². The normalized spacial score (nSPS) is 17.4. The summed E-state index contributed by atoms with van der Waals surface area (Å²) in [7, 11) is 0. The van der Waals surface area contributed by atoms with E-state index >= 15 is 0 Å². The fourth-order valence-electron chi connectivity index (χ4n) is 2.18. The molecule has 4 nitrogen and oxygen atoms in total. The summed E-state index contributed by atoms with van der Waals surface area (Å²) in [5.41, 5.74) is 6.64. The molecule has 0 aliphatic carbocycles. The lowest BCUT2D eigenvalue weighted by molar-refractivity contribution is 0.311. The molecule has 0 fully saturated rings. The molecule has 0 saturated carbocycles. The van der Waals surface area contributed by atoms with Crippen LogP contribution in [0.2, 0.25) is 0 Å². The SMILES string of the molecule is NC1=N[C@@H](Cc2ccccc2Oc2ccccc2)CO1. The summed E-state index contributed by atoms with van der Waals surface area (Å²) in [6.45, 7) is 0.533. The first-order valence-corrected chi connectivity index (χ1v) is 6.58. The molecule has 102 valence electrons. The van der Waals surface area contributed by atoms with Crippen molar-refractivity contribution in [1.82, 2.24) is 0 Å². The van der Waals surface area contributed by atoms with Gasteiger partial charge in [0.05, 0.1) is 6.04 Å². The van der Waals surface area contributed by atoms with Gasteiger partial charge in [0.25, 0.3) is 6.02 Å². The lowest BCUT2D eigenvalue weighted by atomic mass is 10.1. The van der Waals surface area contributed by atoms with E-state index in [4.69, 9.17) is 15.2 Å². The summed E-state index contributed by atoms with van der Waals surface area (Å²) in [4.78, 5) is 4.25. The topological polar surface area (TPSA) is 56.8 Å². The van der Waals surface area contributed by atoms with Gasteiger partial charge in [-0.15, -0.1) is 0 Å². The highest BCUT2D eigenvalue weighted by molar-refractivity contribution is 5.73. The summed E-state index contributed by atoms with van der Waals surface area (Å²) in [6, 6.07) is 18.0. The Kier molecular flexibility index (Phi) is 3.54. The quantitative estimate of drug-likeness (QED) is 0.927. The van der Waals surface area contributed by atoms with E-state index in [-0.39, 0.29) is 12.1 Å². The third-order valence-corrected chi connectivity index (χ3v) is 3.13. The molecule has 0 unspecified atom stereocenters. The largest absolute Gasteiger partial charge is 0.463 e. The minimum absolute atomic E-state index is 0.0653. The van der Waals surface area contributed by atoms with Crippen molar-refractivity contribution in [2.45, 2.75) is 12.5 Å². The van der Waals surface area contributed by atoms with Crippen molar-refractivity contribution in [1.29, 1.82) is 0 Å². The Balaban J connectivity index is 1.78. The molecule has 1 aliphatic heterocycles. The Morgan fingerprint density at radius 3 is 2.60 bits per heavy atom. The van der Waals surface area contributed by atoms with Crippen molar-refractivity contribution in [3.63, 3.8) is 0 Å².